The summed E-state index contributed by atoms with van der Waals surface area (Å²) in [6.07, 6.45) is 0.991. The molecule has 27 heavy (non-hydrogen) atoms. The zero-order chi connectivity index (χ0) is 20.0. The van der Waals surface area contributed by atoms with Gasteiger partial charge in [-0.2, -0.15) is 0 Å². The van der Waals surface area contributed by atoms with Gasteiger partial charge in [0.15, 0.2) is 0 Å². The summed E-state index contributed by atoms with van der Waals surface area (Å²) in [7, 11) is -3.74. The molecule has 9 heteroatoms. The van der Waals surface area contributed by atoms with Crippen LogP contribution < -0.4 is 14.9 Å². The van der Waals surface area contributed by atoms with E-state index in [-0.39, 0.29) is 24.0 Å². The Bertz CT molecular complexity index is 930. The van der Waals surface area contributed by atoms with Crippen molar-refractivity contribution < 1.29 is 22.4 Å². The van der Waals surface area contributed by atoms with Crippen LogP contribution in [0.4, 0.5) is 15.8 Å². The van der Waals surface area contributed by atoms with Crippen molar-refractivity contribution >= 4 is 33.2 Å². The maximum Gasteiger partial charge on any atom is 0.241 e. The summed E-state index contributed by atoms with van der Waals surface area (Å²) in [6.45, 7) is 1.05. The largest absolute Gasteiger partial charge is 0.350 e. The molecule has 2 amide bonds. The average Bonchev–Trinajstić information content (AvgIpc) is 2.58. The van der Waals surface area contributed by atoms with Crippen molar-refractivity contribution in [2.75, 3.05) is 22.4 Å². The Morgan fingerprint density at radius 2 is 1.78 bits per heavy atom. The lowest BCUT2D eigenvalue weighted by Crippen LogP contribution is -2.40. The van der Waals surface area contributed by atoms with E-state index in [1.54, 1.807) is 12.1 Å². The lowest BCUT2D eigenvalue weighted by molar-refractivity contribution is -0.119. The second-order valence-corrected chi connectivity index (χ2v) is 7.81. The predicted molar refractivity (Wildman–Crippen MR) is 101 cm³/mol. The number of rotatable bonds is 7. The van der Waals surface area contributed by atoms with Crippen LogP contribution in [0.5, 0.6) is 0 Å². The summed E-state index contributed by atoms with van der Waals surface area (Å²) >= 11 is 0. The van der Waals surface area contributed by atoms with E-state index in [2.05, 4.69) is 10.6 Å². The number of amides is 2. The van der Waals surface area contributed by atoms with Crippen LogP contribution in [0, 0.1) is 5.82 Å². The third-order valence-corrected chi connectivity index (χ3v) is 4.69. The highest BCUT2D eigenvalue weighted by molar-refractivity contribution is 7.92. The van der Waals surface area contributed by atoms with E-state index in [1.165, 1.54) is 43.3 Å². The molecule has 0 aliphatic carbocycles. The minimum Gasteiger partial charge on any atom is -0.350 e. The highest BCUT2D eigenvalue weighted by atomic mass is 32.2. The van der Waals surface area contributed by atoms with E-state index in [0.717, 1.165) is 10.6 Å². The fraction of sp³-hybridized carbons (Fsp3) is 0.222. The summed E-state index contributed by atoms with van der Waals surface area (Å²) in [6, 6.07) is 11.8. The molecule has 0 bridgehead atoms. The quantitative estimate of drug-likeness (QED) is 0.751. The van der Waals surface area contributed by atoms with Crippen molar-refractivity contribution in [3.05, 3.63) is 59.9 Å². The summed E-state index contributed by atoms with van der Waals surface area (Å²) in [4.78, 5) is 23.4. The van der Waals surface area contributed by atoms with Gasteiger partial charge < -0.3 is 10.6 Å². The van der Waals surface area contributed by atoms with Crippen molar-refractivity contribution in [3.63, 3.8) is 0 Å². The molecule has 0 aliphatic rings. The number of halogens is 1. The van der Waals surface area contributed by atoms with Gasteiger partial charge in [0.1, 0.15) is 12.4 Å². The molecule has 0 radical (unpaired) electrons. The van der Waals surface area contributed by atoms with Crippen LogP contribution in [-0.2, 0) is 26.2 Å². The monoisotopic (exact) mass is 393 g/mol. The van der Waals surface area contributed by atoms with Crippen LogP contribution in [0.1, 0.15) is 12.5 Å². The van der Waals surface area contributed by atoms with E-state index in [1.807, 2.05) is 0 Å². The number of sulfonamides is 1. The Labute approximate surface area is 157 Å². The Balaban J connectivity index is 2.11. The van der Waals surface area contributed by atoms with Gasteiger partial charge in [0, 0.05) is 19.2 Å². The second kappa shape index (κ2) is 8.63. The lowest BCUT2D eigenvalue weighted by atomic mass is 10.2. The Hall–Kier alpha value is -2.94. The number of carbonyl (C=O) groups is 2. The molecule has 2 aromatic carbocycles. The van der Waals surface area contributed by atoms with Gasteiger partial charge in [-0.1, -0.05) is 18.2 Å². The minimum atomic E-state index is -3.74. The van der Waals surface area contributed by atoms with Crippen LogP contribution in [0.15, 0.2) is 48.5 Å². The molecular weight excluding hydrogens is 373 g/mol. The van der Waals surface area contributed by atoms with Gasteiger partial charge in [-0.05, 0) is 35.9 Å². The molecule has 0 aromatic heterocycles. The molecule has 144 valence electrons. The van der Waals surface area contributed by atoms with Crippen LogP contribution in [0.25, 0.3) is 0 Å². The zero-order valence-corrected chi connectivity index (χ0v) is 15.7. The van der Waals surface area contributed by atoms with Gasteiger partial charge in [0.05, 0.1) is 11.9 Å². The molecule has 2 rings (SSSR count). The normalized spacial score (nSPS) is 10.9. The Kier molecular flexibility index (Phi) is 6.51. The zero-order valence-electron chi connectivity index (χ0n) is 14.9. The third-order valence-electron chi connectivity index (χ3n) is 3.54. The number of hydrogen-bond acceptors (Lipinski definition) is 4. The number of anilines is 2. The summed E-state index contributed by atoms with van der Waals surface area (Å²) in [5.41, 5.74) is 1.35. The van der Waals surface area contributed by atoms with Crippen LogP contribution >= 0.6 is 0 Å². The molecule has 0 atom stereocenters. The first kappa shape index (κ1) is 20.4. The van der Waals surface area contributed by atoms with Crippen molar-refractivity contribution in [2.24, 2.45) is 0 Å². The summed E-state index contributed by atoms with van der Waals surface area (Å²) < 4.78 is 38.1. The minimum absolute atomic E-state index is 0.142. The van der Waals surface area contributed by atoms with Crippen LogP contribution in [-0.4, -0.2) is 33.0 Å². The van der Waals surface area contributed by atoms with Crippen LogP contribution in [0.3, 0.4) is 0 Å². The topological polar surface area (TPSA) is 95.6 Å². The maximum absolute atomic E-state index is 12.9. The SMILES string of the molecule is CC(=O)Nc1cccc(N(CC(=O)NCc2ccc(F)cc2)S(C)(=O)=O)c1. The first-order chi connectivity index (χ1) is 12.6. The van der Waals surface area contributed by atoms with E-state index in [0.29, 0.717) is 11.3 Å². The summed E-state index contributed by atoms with van der Waals surface area (Å²) in [5.74, 6) is -1.20. The molecule has 0 fully saturated rings. The fourth-order valence-electron chi connectivity index (χ4n) is 2.33. The molecule has 0 heterocycles. The molecule has 0 spiro atoms. The molecule has 2 aromatic rings. The van der Waals surface area contributed by atoms with Gasteiger partial charge in [-0.25, -0.2) is 12.8 Å². The van der Waals surface area contributed by atoms with E-state index in [9.17, 15) is 22.4 Å². The number of benzene rings is 2. The molecule has 0 unspecified atom stereocenters. The fourth-order valence-corrected chi connectivity index (χ4v) is 3.18. The van der Waals surface area contributed by atoms with Crippen molar-refractivity contribution in [2.45, 2.75) is 13.5 Å². The smallest absolute Gasteiger partial charge is 0.241 e. The molecular formula is C18H20FN3O4S. The molecule has 0 saturated carbocycles. The average molecular weight is 393 g/mol. The molecule has 0 saturated heterocycles. The maximum atomic E-state index is 12.9. The van der Waals surface area contributed by atoms with Crippen molar-refractivity contribution in [3.8, 4) is 0 Å². The van der Waals surface area contributed by atoms with Gasteiger partial charge in [0.25, 0.3) is 0 Å². The molecule has 7 nitrogen and oxygen atoms in total. The highest BCUT2D eigenvalue weighted by Crippen LogP contribution is 2.21. The predicted octanol–water partition coefficient (Wildman–Crippen LogP) is 1.87. The summed E-state index contributed by atoms with van der Waals surface area (Å²) in [5, 5.41) is 5.16. The first-order valence-electron chi connectivity index (χ1n) is 8.01. The van der Waals surface area contributed by atoms with Gasteiger partial charge >= 0.3 is 0 Å². The lowest BCUT2D eigenvalue weighted by Gasteiger charge is -2.22. The van der Waals surface area contributed by atoms with E-state index < -0.39 is 22.5 Å². The third kappa shape index (κ3) is 6.37. The number of nitrogens with one attached hydrogen (secondary N) is 2. The van der Waals surface area contributed by atoms with E-state index in [4.69, 9.17) is 0 Å². The molecule has 2 N–H and O–H groups in total. The number of hydrogen-bond donors (Lipinski definition) is 2. The Morgan fingerprint density at radius 1 is 1.11 bits per heavy atom. The Morgan fingerprint density at radius 3 is 2.37 bits per heavy atom. The van der Waals surface area contributed by atoms with Gasteiger partial charge in [0.2, 0.25) is 21.8 Å². The first-order valence-corrected chi connectivity index (χ1v) is 9.86. The van der Waals surface area contributed by atoms with Gasteiger partial charge in [-0.3, -0.25) is 13.9 Å². The molecule has 0 aliphatic heterocycles. The number of carbonyl (C=O) groups excluding carboxylic acids is 2. The van der Waals surface area contributed by atoms with Crippen molar-refractivity contribution in [1.29, 1.82) is 0 Å². The number of nitrogens with zero attached hydrogens (tertiary/aromatic N) is 1. The van der Waals surface area contributed by atoms with Crippen LogP contribution in [0.2, 0.25) is 0 Å². The second-order valence-electron chi connectivity index (χ2n) is 5.90. The van der Waals surface area contributed by atoms with Gasteiger partial charge in [-0.15, -0.1) is 0 Å². The van der Waals surface area contributed by atoms with Crippen molar-refractivity contribution in [1.82, 2.24) is 5.32 Å². The highest BCUT2D eigenvalue weighted by Gasteiger charge is 2.21. The van der Waals surface area contributed by atoms with E-state index >= 15 is 0 Å². The standard InChI is InChI=1S/C18H20FN3O4S/c1-13(23)21-16-4-3-5-17(10-16)22(27(2,25)26)12-18(24)20-11-14-6-8-15(19)9-7-14/h3-10H,11-12H2,1-2H3,(H,20,24)(H,21,23).